The smallest absolute Gasteiger partial charge is 0.303 e. The first-order valence-corrected chi connectivity index (χ1v) is 8.40. The topological polar surface area (TPSA) is 95.5 Å². The Hall–Kier alpha value is -0.660. The fraction of sp³-hybridized carbons (Fsp3) is 0.917. The molecule has 0 aromatic carbocycles. The molecular formula is C12H24N2O4S. The number of carboxylic acid groups (broad SMARTS) is 1. The summed E-state index contributed by atoms with van der Waals surface area (Å²) in [5, 5.41) is 8.67. The van der Waals surface area contributed by atoms with Crippen LogP contribution in [-0.4, -0.2) is 32.1 Å². The van der Waals surface area contributed by atoms with Gasteiger partial charge in [-0.25, -0.2) is 4.72 Å². The molecular weight excluding hydrogens is 268 g/mol. The molecule has 0 bridgehead atoms. The molecule has 1 rings (SSSR count). The number of aliphatic carboxylic acids is 1. The van der Waals surface area contributed by atoms with E-state index in [1.165, 1.54) is 0 Å². The first-order chi connectivity index (χ1) is 8.93. The molecule has 1 aliphatic carbocycles. The summed E-state index contributed by atoms with van der Waals surface area (Å²) in [7, 11) is -3.38. The van der Waals surface area contributed by atoms with Gasteiger partial charge in [-0.1, -0.05) is 19.8 Å². The lowest BCUT2D eigenvalue weighted by Gasteiger charge is -2.15. The maximum absolute atomic E-state index is 11.6. The standard InChI is InChI=1S/C12H24N2O4S/c1-2-3-10(4-7-12(15)16)8-9-13-19(17,18)14-11-5-6-11/h10-11,13-14H,2-9H2,1H3,(H,15,16). The molecule has 0 aromatic heterocycles. The molecule has 6 nitrogen and oxygen atoms in total. The molecule has 3 N–H and O–H groups in total. The Bertz CT molecular complexity index is 379. The molecule has 1 aliphatic rings. The molecule has 1 unspecified atom stereocenters. The predicted molar refractivity (Wildman–Crippen MR) is 73.0 cm³/mol. The van der Waals surface area contributed by atoms with E-state index in [1.54, 1.807) is 0 Å². The molecule has 112 valence electrons. The molecule has 0 aliphatic heterocycles. The quantitative estimate of drug-likeness (QED) is 0.534. The van der Waals surface area contributed by atoms with Crippen LogP contribution in [0.5, 0.6) is 0 Å². The van der Waals surface area contributed by atoms with Gasteiger partial charge in [0, 0.05) is 19.0 Å². The van der Waals surface area contributed by atoms with Gasteiger partial charge in [0.2, 0.25) is 0 Å². The van der Waals surface area contributed by atoms with Crippen LogP contribution in [0.3, 0.4) is 0 Å². The Morgan fingerprint density at radius 1 is 1.32 bits per heavy atom. The maximum Gasteiger partial charge on any atom is 0.303 e. The second-order valence-electron chi connectivity index (χ2n) is 5.17. The molecule has 0 amide bonds. The van der Waals surface area contributed by atoms with Crippen molar-refractivity contribution in [1.82, 2.24) is 9.44 Å². The third kappa shape index (κ3) is 8.18. The zero-order valence-corrected chi connectivity index (χ0v) is 12.2. The summed E-state index contributed by atoms with van der Waals surface area (Å²) < 4.78 is 28.2. The van der Waals surface area contributed by atoms with E-state index in [0.717, 1.165) is 25.7 Å². The van der Waals surface area contributed by atoms with Crippen molar-refractivity contribution >= 4 is 16.2 Å². The average molecular weight is 292 g/mol. The Morgan fingerprint density at radius 3 is 2.53 bits per heavy atom. The number of hydrogen-bond acceptors (Lipinski definition) is 3. The largest absolute Gasteiger partial charge is 0.481 e. The van der Waals surface area contributed by atoms with Crippen molar-refractivity contribution in [2.45, 2.75) is 57.9 Å². The van der Waals surface area contributed by atoms with Gasteiger partial charge >= 0.3 is 5.97 Å². The summed E-state index contributed by atoms with van der Waals surface area (Å²) in [6.07, 6.45) is 5.20. The maximum atomic E-state index is 11.6. The minimum atomic E-state index is -3.38. The van der Waals surface area contributed by atoms with Crippen molar-refractivity contribution < 1.29 is 18.3 Å². The highest BCUT2D eigenvalue weighted by Gasteiger charge is 2.26. The van der Waals surface area contributed by atoms with Crippen LogP contribution in [0.4, 0.5) is 0 Å². The zero-order valence-electron chi connectivity index (χ0n) is 11.4. The van der Waals surface area contributed by atoms with Crippen LogP contribution in [0.25, 0.3) is 0 Å². The Balaban J connectivity index is 2.24. The summed E-state index contributed by atoms with van der Waals surface area (Å²) in [5.41, 5.74) is 0. The van der Waals surface area contributed by atoms with Crippen molar-refractivity contribution in [3.05, 3.63) is 0 Å². The highest BCUT2D eigenvalue weighted by molar-refractivity contribution is 7.87. The van der Waals surface area contributed by atoms with Crippen LogP contribution < -0.4 is 9.44 Å². The molecule has 0 saturated heterocycles. The average Bonchev–Trinajstić information content (AvgIpc) is 3.08. The van der Waals surface area contributed by atoms with E-state index in [-0.39, 0.29) is 18.4 Å². The Kier molecular flexibility index (Phi) is 6.74. The van der Waals surface area contributed by atoms with Crippen LogP contribution in [0, 0.1) is 5.92 Å². The SMILES string of the molecule is CCCC(CCNS(=O)(=O)NC1CC1)CCC(=O)O. The summed E-state index contributed by atoms with van der Waals surface area (Å²) in [6, 6.07) is 0.107. The predicted octanol–water partition coefficient (Wildman–Crippen LogP) is 1.24. The fourth-order valence-electron chi connectivity index (χ4n) is 2.03. The monoisotopic (exact) mass is 292 g/mol. The van der Waals surface area contributed by atoms with E-state index in [4.69, 9.17) is 5.11 Å². The van der Waals surface area contributed by atoms with E-state index in [1.807, 2.05) is 6.92 Å². The van der Waals surface area contributed by atoms with Crippen molar-refractivity contribution in [3.63, 3.8) is 0 Å². The molecule has 0 heterocycles. The molecule has 1 saturated carbocycles. The summed E-state index contributed by atoms with van der Waals surface area (Å²) >= 11 is 0. The second-order valence-corrected chi connectivity index (χ2v) is 6.70. The number of carbonyl (C=O) groups is 1. The fourth-order valence-corrected chi connectivity index (χ4v) is 3.17. The highest BCUT2D eigenvalue weighted by Crippen LogP contribution is 2.20. The molecule has 7 heteroatoms. The van der Waals surface area contributed by atoms with Gasteiger partial charge in [-0.2, -0.15) is 13.1 Å². The second kappa shape index (κ2) is 7.81. The lowest BCUT2D eigenvalue weighted by atomic mass is 9.95. The van der Waals surface area contributed by atoms with Gasteiger partial charge in [-0.3, -0.25) is 4.79 Å². The molecule has 0 spiro atoms. The van der Waals surface area contributed by atoms with E-state index in [9.17, 15) is 13.2 Å². The number of carboxylic acids is 1. The van der Waals surface area contributed by atoms with Gasteiger partial charge in [0.05, 0.1) is 0 Å². The Labute approximate surface area is 115 Å². The third-order valence-corrected chi connectivity index (χ3v) is 4.44. The normalized spacial score (nSPS) is 17.3. The summed E-state index contributed by atoms with van der Waals surface area (Å²) in [6.45, 7) is 2.42. The minimum Gasteiger partial charge on any atom is -0.481 e. The van der Waals surface area contributed by atoms with Gasteiger partial charge < -0.3 is 5.11 Å². The van der Waals surface area contributed by atoms with Crippen LogP contribution in [-0.2, 0) is 15.0 Å². The first-order valence-electron chi connectivity index (χ1n) is 6.91. The van der Waals surface area contributed by atoms with Crippen molar-refractivity contribution in [1.29, 1.82) is 0 Å². The minimum absolute atomic E-state index is 0.107. The summed E-state index contributed by atoms with van der Waals surface area (Å²) in [5.74, 6) is -0.526. The van der Waals surface area contributed by atoms with E-state index in [2.05, 4.69) is 9.44 Å². The lowest BCUT2D eigenvalue weighted by Crippen LogP contribution is -2.38. The van der Waals surface area contributed by atoms with E-state index >= 15 is 0 Å². The van der Waals surface area contributed by atoms with Gasteiger partial charge in [0.15, 0.2) is 0 Å². The van der Waals surface area contributed by atoms with Gasteiger partial charge in [0.25, 0.3) is 10.2 Å². The van der Waals surface area contributed by atoms with Crippen molar-refractivity contribution in [2.75, 3.05) is 6.54 Å². The molecule has 19 heavy (non-hydrogen) atoms. The van der Waals surface area contributed by atoms with Crippen LogP contribution in [0.2, 0.25) is 0 Å². The first kappa shape index (κ1) is 16.4. The van der Waals surface area contributed by atoms with Gasteiger partial charge in [-0.15, -0.1) is 0 Å². The number of hydrogen-bond donors (Lipinski definition) is 3. The van der Waals surface area contributed by atoms with Crippen LogP contribution >= 0.6 is 0 Å². The highest BCUT2D eigenvalue weighted by atomic mass is 32.2. The lowest BCUT2D eigenvalue weighted by molar-refractivity contribution is -0.137. The van der Waals surface area contributed by atoms with Crippen molar-refractivity contribution in [3.8, 4) is 0 Å². The Morgan fingerprint density at radius 2 is 2.00 bits per heavy atom. The van der Waals surface area contributed by atoms with Crippen LogP contribution in [0.15, 0.2) is 0 Å². The number of nitrogens with one attached hydrogen (secondary N) is 2. The molecule has 0 radical (unpaired) electrons. The third-order valence-electron chi connectivity index (χ3n) is 3.21. The molecule has 1 atom stereocenters. The zero-order chi connectivity index (χ0) is 14.3. The van der Waals surface area contributed by atoms with Crippen molar-refractivity contribution in [2.24, 2.45) is 5.92 Å². The summed E-state index contributed by atoms with van der Waals surface area (Å²) in [4.78, 5) is 10.5. The van der Waals surface area contributed by atoms with Gasteiger partial charge in [-0.05, 0) is 31.6 Å². The van der Waals surface area contributed by atoms with Crippen LogP contribution in [0.1, 0.15) is 51.9 Å². The van der Waals surface area contributed by atoms with E-state index in [0.29, 0.717) is 19.4 Å². The molecule has 0 aromatic rings. The number of rotatable bonds is 11. The van der Waals surface area contributed by atoms with E-state index < -0.39 is 16.2 Å². The van der Waals surface area contributed by atoms with Gasteiger partial charge in [0.1, 0.15) is 0 Å². The molecule has 1 fully saturated rings.